The highest BCUT2D eigenvalue weighted by atomic mass is 32.1. The monoisotopic (exact) mass is 305 g/mol. The van der Waals surface area contributed by atoms with Crippen LogP contribution in [0.1, 0.15) is 32.6 Å². The number of pyridine rings is 1. The number of ether oxygens (including phenoxy) is 1. The molecule has 0 atom stereocenters. The summed E-state index contributed by atoms with van der Waals surface area (Å²) in [4.78, 5) is 18.5. The van der Waals surface area contributed by atoms with Crippen LogP contribution in [0, 0.1) is 13.8 Å². The van der Waals surface area contributed by atoms with E-state index in [-0.39, 0.29) is 0 Å². The van der Waals surface area contributed by atoms with Gasteiger partial charge in [0.15, 0.2) is 0 Å². The van der Waals surface area contributed by atoms with Gasteiger partial charge in [-0.2, -0.15) is 0 Å². The summed E-state index contributed by atoms with van der Waals surface area (Å²) in [6.45, 7) is 6.89. The van der Waals surface area contributed by atoms with E-state index in [1.165, 1.54) is 15.3 Å². The molecule has 0 unspecified atom stereocenters. The molecule has 0 fully saturated rings. The highest BCUT2D eigenvalue weighted by molar-refractivity contribution is 7.12. The molecule has 6 heteroatoms. The molecule has 5 nitrogen and oxygen atoms in total. The van der Waals surface area contributed by atoms with Gasteiger partial charge in [-0.3, -0.25) is 0 Å². The Morgan fingerprint density at radius 3 is 2.86 bits per heavy atom. The zero-order chi connectivity index (χ0) is 15.4. The first-order valence-corrected chi connectivity index (χ1v) is 7.56. The second kappa shape index (κ2) is 6.58. The average molecular weight is 305 g/mol. The van der Waals surface area contributed by atoms with E-state index in [0.717, 1.165) is 0 Å². The Hall–Kier alpha value is -2.08. The third-order valence-electron chi connectivity index (χ3n) is 3.13. The Labute approximate surface area is 128 Å². The molecule has 0 amide bonds. The average Bonchev–Trinajstić information content (AvgIpc) is 2.77. The number of thiophene rings is 1. The van der Waals surface area contributed by atoms with E-state index in [4.69, 9.17) is 10.5 Å². The Balaban J connectivity index is 2.13. The SMILES string of the molecule is CCOC(=O)c1ccnc(NCc2cc(C)c(C)s2)c1N. The number of aromatic nitrogens is 1. The van der Waals surface area contributed by atoms with Gasteiger partial charge in [-0.15, -0.1) is 11.3 Å². The van der Waals surface area contributed by atoms with Crippen LogP contribution in [0.4, 0.5) is 11.5 Å². The Bertz CT molecular complexity index is 633. The summed E-state index contributed by atoms with van der Waals surface area (Å²) in [5.74, 6) is 0.0764. The summed E-state index contributed by atoms with van der Waals surface area (Å²) in [7, 11) is 0. The maximum absolute atomic E-state index is 11.8. The number of anilines is 2. The third-order valence-corrected chi connectivity index (χ3v) is 4.29. The summed E-state index contributed by atoms with van der Waals surface area (Å²) < 4.78 is 4.97. The molecule has 2 heterocycles. The van der Waals surface area contributed by atoms with Gasteiger partial charge in [0.1, 0.15) is 5.82 Å². The van der Waals surface area contributed by atoms with E-state index in [0.29, 0.717) is 30.2 Å². The van der Waals surface area contributed by atoms with Crippen molar-refractivity contribution >= 4 is 28.8 Å². The zero-order valence-electron chi connectivity index (χ0n) is 12.4. The van der Waals surface area contributed by atoms with E-state index in [9.17, 15) is 4.79 Å². The van der Waals surface area contributed by atoms with Gasteiger partial charge < -0.3 is 15.8 Å². The van der Waals surface area contributed by atoms with Gasteiger partial charge in [0.2, 0.25) is 0 Å². The third kappa shape index (κ3) is 3.52. The lowest BCUT2D eigenvalue weighted by Gasteiger charge is -2.10. The number of carbonyl (C=O) groups excluding carboxylic acids is 1. The van der Waals surface area contributed by atoms with Gasteiger partial charge in [-0.05, 0) is 38.5 Å². The van der Waals surface area contributed by atoms with E-state index in [2.05, 4.69) is 30.2 Å². The molecule has 0 bridgehead atoms. The minimum atomic E-state index is -0.428. The summed E-state index contributed by atoms with van der Waals surface area (Å²) in [6, 6.07) is 3.70. The molecule has 2 aromatic heterocycles. The van der Waals surface area contributed by atoms with Gasteiger partial charge in [-0.1, -0.05) is 0 Å². The fourth-order valence-corrected chi connectivity index (χ4v) is 2.90. The number of hydrogen-bond donors (Lipinski definition) is 2. The number of carbonyl (C=O) groups is 1. The molecule has 0 aromatic carbocycles. The summed E-state index contributed by atoms with van der Waals surface area (Å²) >= 11 is 1.74. The molecule has 0 aliphatic carbocycles. The first kappa shape index (κ1) is 15.3. The maximum atomic E-state index is 11.8. The van der Waals surface area contributed by atoms with Crippen molar-refractivity contribution in [3.05, 3.63) is 39.2 Å². The first-order chi connectivity index (χ1) is 10.0. The largest absolute Gasteiger partial charge is 0.462 e. The zero-order valence-corrected chi connectivity index (χ0v) is 13.2. The molecule has 0 saturated carbocycles. The minimum Gasteiger partial charge on any atom is -0.462 e. The number of nitrogen functional groups attached to an aromatic ring is 1. The van der Waals surface area contributed by atoms with Crippen molar-refractivity contribution in [2.45, 2.75) is 27.3 Å². The number of nitrogens with one attached hydrogen (secondary N) is 1. The van der Waals surface area contributed by atoms with Gasteiger partial charge in [0.05, 0.1) is 24.4 Å². The van der Waals surface area contributed by atoms with Gasteiger partial charge in [0, 0.05) is 16.0 Å². The number of nitrogens with two attached hydrogens (primary N) is 1. The van der Waals surface area contributed by atoms with Crippen LogP contribution < -0.4 is 11.1 Å². The molecule has 21 heavy (non-hydrogen) atoms. The Kier molecular flexibility index (Phi) is 4.80. The molecule has 2 aromatic rings. The standard InChI is InChI=1S/C15H19N3O2S/c1-4-20-15(19)12-5-6-17-14(13(12)16)18-8-11-7-9(2)10(3)21-11/h5-7H,4,8,16H2,1-3H3,(H,17,18). The molecule has 0 radical (unpaired) electrons. The lowest BCUT2D eigenvalue weighted by Crippen LogP contribution is -2.11. The molecule has 0 spiro atoms. The van der Waals surface area contributed by atoms with E-state index in [1.54, 1.807) is 30.5 Å². The van der Waals surface area contributed by atoms with Crippen LogP contribution in [-0.4, -0.2) is 17.6 Å². The maximum Gasteiger partial charge on any atom is 0.340 e. The molecule has 0 aliphatic rings. The van der Waals surface area contributed by atoms with Crippen LogP contribution in [0.3, 0.4) is 0 Å². The molecule has 2 rings (SSSR count). The fraction of sp³-hybridized carbons (Fsp3) is 0.333. The lowest BCUT2D eigenvalue weighted by molar-refractivity contribution is 0.0527. The van der Waals surface area contributed by atoms with Crippen LogP contribution in [0.25, 0.3) is 0 Å². The van der Waals surface area contributed by atoms with Crippen molar-refractivity contribution in [2.75, 3.05) is 17.7 Å². The van der Waals surface area contributed by atoms with Crippen LogP contribution in [0.15, 0.2) is 18.3 Å². The predicted octanol–water partition coefficient (Wildman–Crippen LogP) is 3.13. The summed E-state index contributed by atoms with van der Waals surface area (Å²) in [5.41, 5.74) is 7.93. The number of rotatable bonds is 5. The smallest absolute Gasteiger partial charge is 0.340 e. The van der Waals surface area contributed by atoms with Crippen molar-refractivity contribution < 1.29 is 9.53 Å². The normalized spacial score (nSPS) is 10.4. The molecule has 112 valence electrons. The van der Waals surface area contributed by atoms with Gasteiger partial charge in [-0.25, -0.2) is 9.78 Å². The minimum absolute atomic E-state index is 0.317. The highest BCUT2D eigenvalue weighted by Gasteiger charge is 2.14. The van der Waals surface area contributed by atoms with Crippen molar-refractivity contribution in [3.8, 4) is 0 Å². The van der Waals surface area contributed by atoms with Crippen molar-refractivity contribution in [1.82, 2.24) is 4.98 Å². The lowest BCUT2D eigenvalue weighted by atomic mass is 10.2. The first-order valence-electron chi connectivity index (χ1n) is 6.74. The Morgan fingerprint density at radius 2 is 2.24 bits per heavy atom. The number of nitrogens with zero attached hydrogens (tertiary/aromatic N) is 1. The van der Waals surface area contributed by atoms with E-state index >= 15 is 0 Å². The quantitative estimate of drug-likeness (QED) is 0.830. The number of esters is 1. The van der Waals surface area contributed by atoms with E-state index < -0.39 is 5.97 Å². The molecular weight excluding hydrogens is 286 g/mol. The number of aryl methyl sites for hydroxylation is 2. The van der Waals surface area contributed by atoms with E-state index in [1.807, 2.05) is 0 Å². The van der Waals surface area contributed by atoms with Crippen LogP contribution in [0.2, 0.25) is 0 Å². The molecule has 0 saturated heterocycles. The Morgan fingerprint density at radius 1 is 1.48 bits per heavy atom. The van der Waals surface area contributed by atoms with Crippen LogP contribution >= 0.6 is 11.3 Å². The second-order valence-corrected chi connectivity index (χ2v) is 5.99. The van der Waals surface area contributed by atoms with Crippen molar-refractivity contribution in [3.63, 3.8) is 0 Å². The predicted molar refractivity (Wildman–Crippen MR) is 85.7 cm³/mol. The molecule has 0 aliphatic heterocycles. The number of hydrogen-bond acceptors (Lipinski definition) is 6. The van der Waals surface area contributed by atoms with Crippen molar-refractivity contribution in [1.29, 1.82) is 0 Å². The van der Waals surface area contributed by atoms with Crippen molar-refractivity contribution in [2.24, 2.45) is 0 Å². The van der Waals surface area contributed by atoms with Crippen LogP contribution in [-0.2, 0) is 11.3 Å². The highest BCUT2D eigenvalue weighted by Crippen LogP contribution is 2.24. The van der Waals surface area contributed by atoms with Gasteiger partial charge >= 0.3 is 5.97 Å². The molecular formula is C15H19N3O2S. The topological polar surface area (TPSA) is 77.2 Å². The summed E-state index contributed by atoms with van der Waals surface area (Å²) in [5, 5.41) is 3.17. The summed E-state index contributed by atoms with van der Waals surface area (Å²) in [6.07, 6.45) is 1.55. The fourth-order valence-electron chi connectivity index (χ4n) is 1.91. The van der Waals surface area contributed by atoms with Crippen LogP contribution in [0.5, 0.6) is 0 Å². The second-order valence-electron chi connectivity index (χ2n) is 4.65. The van der Waals surface area contributed by atoms with Gasteiger partial charge in [0.25, 0.3) is 0 Å². The molecule has 3 N–H and O–H groups in total.